The third-order valence-corrected chi connectivity index (χ3v) is 3.54. The van der Waals surface area contributed by atoms with Crippen molar-refractivity contribution in [2.45, 2.75) is 20.3 Å². The van der Waals surface area contributed by atoms with Gasteiger partial charge in [-0.25, -0.2) is 0 Å². The van der Waals surface area contributed by atoms with Crippen molar-refractivity contribution in [2.24, 2.45) is 5.92 Å². The summed E-state index contributed by atoms with van der Waals surface area (Å²) >= 11 is 0. The molecule has 0 fully saturated rings. The highest BCUT2D eigenvalue weighted by molar-refractivity contribution is 5.88. The monoisotopic (exact) mass is 276 g/mol. The molecule has 0 saturated carbocycles. The molecule has 0 spiro atoms. The van der Waals surface area contributed by atoms with E-state index in [2.05, 4.69) is 56.3 Å². The Morgan fingerprint density at radius 1 is 0.810 bits per heavy atom. The number of fused-ring (bicyclic) bond motifs is 1. The smallest absolute Gasteiger partial charge is 0.135 e. The number of rotatable bonds is 4. The van der Waals surface area contributed by atoms with E-state index in [4.69, 9.17) is 4.74 Å². The van der Waals surface area contributed by atoms with Gasteiger partial charge in [0.05, 0.1) is 0 Å². The van der Waals surface area contributed by atoms with Gasteiger partial charge < -0.3 is 4.74 Å². The second-order valence-corrected chi connectivity index (χ2v) is 5.82. The third kappa shape index (κ3) is 3.25. The highest BCUT2D eigenvalue weighted by Crippen LogP contribution is 2.29. The summed E-state index contributed by atoms with van der Waals surface area (Å²) in [6, 6.07) is 22.9. The first-order valence-corrected chi connectivity index (χ1v) is 7.47. The molecule has 3 aromatic rings. The molecule has 0 heterocycles. The molecule has 0 aliphatic rings. The zero-order valence-electron chi connectivity index (χ0n) is 12.5. The van der Waals surface area contributed by atoms with Gasteiger partial charge in [-0.05, 0) is 41.5 Å². The summed E-state index contributed by atoms with van der Waals surface area (Å²) in [5, 5.41) is 2.35. The van der Waals surface area contributed by atoms with Crippen molar-refractivity contribution in [3.05, 3.63) is 72.3 Å². The number of hydrogen-bond acceptors (Lipinski definition) is 1. The molecule has 1 nitrogen and oxygen atoms in total. The molecule has 21 heavy (non-hydrogen) atoms. The molecule has 1 heteroatoms. The Morgan fingerprint density at radius 3 is 2.29 bits per heavy atom. The van der Waals surface area contributed by atoms with Crippen LogP contribution in [0.4, 0.5) is 0 Å². The predicted molar refractivity (Wildman–Crippen MR) is 89.0 cm³/mol. The lowest BCUT2D eigenvalue weighted by Crippen LogP contribution is -1.93. The summed E-state index contributed by atoms with van der Waals surface area (Å²) in [5.74, 6) is 2.47. The highest BCUT2D eigenvalue weighted by atomic mass is 16.5. The van der Waals surface area contributed by atoms with Crippen LogP contribution in [-0.4, -0.2) is 0 Å². The van der Waals surface area contributed by atoms with E-state index in [0.717, 1.165) is 23.3 Å². The van der Waals surface area contributed by atoms with Crippen LogP contribution in [0, 0.1) is 5.92 Å². The van der Waals surface area contributed by atoms with Gasteiger partial charge in [0, 0.05) is 5.39 Å². The zero-order valence-corrected chi connectivity index (χ0v) is 12.5. The lowest BCUT2D eigenvalue weighted by molar-refractivity contribution is 0.488. The molecule has 3 aromatic carbocycles. The zero-order chi connectivity index (χ0) is 14.7. The van der Waals surface area contributed by atoms with Gasteiger partial charge in [0.25, 0.3) is 0 Å². The molecule has 0 saturated heterocycles. The first-order valence-electron chi connectivity index (χ1n) is 7.47. The fourth-order valence-electron chi connectivity index (χ4n) is 2.58. The van der Waals surface area contributed by atoms with E-state index in [-0.39, 0.29) is 0 Å². The molecule has 106 valence electrons. The minimum Gasteiger partial charge on any atom is -0.457 e. The molecule has 0 aliphatic carbocycles. The van der Waals surface area contributed by atoms with Gasteiger partial charge in [-0.3, -0.25) is 0 Å². The summed E-state index contributed by atoms with van der Waals surface area (Å²) in [5.41, 5.74) is 1.36. The quantitative estimate of drug-likeness (QED) is 0.582. The second-order valence-electron chi connectivity index (χ2n) is 5.82. The molecule has 0 aliphatic heterocycles. The highest BCUT2D eigenvalue weighted by Gasteiger charge is 2.03. The number of ether oxygens (including phenoxy) is 1. The Labute approximate surface area is 126 Å². The minimum atomic E-state index is 0.676. The van der Waals surface area contributed by atoms with Crippen LogP contribution in [0.3, 0.4) is 0 Å². The Hall–Kier alpha value is -2.28. The van der Waals surface area contributed by atoms with Crippen LogP contribution in [0.1, 0.15) is 19.4 Å². The maximum Gasteiger partial charge on any atom is 0.135 e. The molecule has 0 bridgehead atoms. The molecule has 0 aromatic heterocycles. The van der Waals surface area contributed by atoms with Crippen LogP contribution in [0.2, 0.25) is 0 Å². The van der Waals surface area contributed by atoms with Gasteiger partial charge in [-0.15, -0.1) is 0 Å². The molecule has 0 radical (unpaired) electrons. The topological polar surface area (TPSA) is 9.23 Å². The van der Waals surface area contributed by atoms with Crippen molar-refractivity contribution >= 4 is 10.8 Å². The van der Waals surface area contributed by atoms with Gasteiger partial charge in [-0.1, -0.05) is 62.4 Å². The Kier molecular flexibility index (Phi) is 3.92. The van der Waals surface area contributed by atoms with Gasteiger partial charge in [0.15, 0.2) is 0 Å². The molecule has 0 amide bonds. The van der Waals surface area contributed by atoms with Crippen LogP contribution >= 0.6 is 0 Å². The fourth-order valence-corrected chi connectivity index (χ4v) is 2.58. The molecule has 0 atom stereocenters. The number of benzene rings is 3. The minimum absolute atomic E-state index is 0.676. The molecule has 0 unspecified atom stereocenters. The van der Waals surface area contributed by atoms with Crippen molar-refractivity contribution < 1.29 is 4.74 Å². The molecule has 0 N–H and O–H groups in total. The summed E-state index contributed by atoms with van der Waals surface area (Å²) in [6.45, 7) is 4.47. The van der Waals surface area contributed by atoms with E-state index in [9.17, 15) is 0 Å². The van der Waals surface area contributed by atoms with Crippen LogP contribution in [0.5, 0.6) is 11.5 Å². The fraction of sp³-hybridized carbons (Fsp3) is 0.200. The number of hydrogen-bond donors (Lipinski definition) is 0. The van der Waals surface area contributed by atoms with Crippen LogP contribution in [0.15, 0.2) is 66.7 Å². The van der Waals surface area contributed by atoms with Crippen molar-refractivity contribution in [1.29, 1.82) is 0 Å². The normalized spacial score (nSPS) is 11.0. The standard InChI is InChI=1S/C20H20O/c1-15(2)14-16-10-12-18(13-11-16)21-20-9-5-7-17-6-3-4-8-19(17)20/h3-13,15H,14H2,1-2H3. The Morgan fingerprint density at radius 2 is 1.52 bits per heavy atom. The van der Waals surface area contributed by atoms with E-state index in [0.29, 0.717) is 5.92 Å². The maximum atomic E-state index is 6.05. The van der Waals surface area contributed by atoms with E-state index >= 15 is 0 Å². The van der Waals surface area contributed by atoms with E-state index in [1.54, 1.807) is 0 Å². The lowest BCUT2D eigenvalue weighted by Gasteiger charge is -2.10. The van der Waals surface area contributed by atoms with E-state index in [1.165, 1.54) is 10.9 Å². The SMILES string of the molecule is CC(C)Cc1ccc(Oc2cccc3ccccc23)cc1. The van der Waals surface area contributed by atoms with Crippen LogP contribution in [0.25, 0.3) is 10.8 Å². The van der Waals surface area contributed by atoms with Crippen molar-refractivity contribution in [3.8, 4) is 11.5 Å². The van der Waals surface area contributed by atoms with Gasteiger partial charge in [-0.2, -0.15) is 0 Å². The van der Waals surface area contributed by atoms with Crippen LogP contribution in [-0.2, 0) is 6.42 Å². The van der Waals surface area contributed by atoms with Crippen molar-refractivity contribution in [1.82, 2.24) is 0 Å². The summed E-state index contributed by atoms with van der Waals surface area (Å²) in [7, 11) is 0. The average Bonchev–Trinajstić information content (AvgIpc) is 2.49. The molecular weight excluding hydrogens is 256 g/mol. The second kappa shape index (κ2) is 6.01. The first kappa shape index (κ1) is 13.7. The van der Waals surface area contributed by atoms with E-state index < -0.39 is 0 Å². The third-order valence-electron chi connectivity index (χ3n) is 3.54. The largest absolute Gasteiger partial charge is 0.457 e. The summed E-state index contributed by atoms with van der Waals surface area (Å²) in [4.78, 5) is 0. The van der Waals surface area contributed by atoms with E-state index in [1.807, 2.05) is 24.3 Å². The average molecular weight is 276 g/mol. The first-order chi connectivity index (χ1) is 10.2. The summed E-state index contributed by atoms with van der Waals surface area (Å²) in [6.07, 6.45) is 1.11. The van der Waals surface area contributed by atoms with Crippen molar-refractivity contribution in [2.75, 3.05) is 0 Å². The van der Waals surface area contributed by atoms with Gasteiger partial charge in [0.1, 0.15) is 11.5 Å². The van der Waals surface area contributed by atoms with Crippen LogP contribution < -0.4 is 4.74 Å². The molecular formula is C20H20O. The predicted octanol–water partition coefficient (Wildman–Crippen LogP) is 5.83. The molecule has 3 rings (SSSR count). The van der Waals surface area contributed by atoms with Gasteiger partial charge in [0.2, 0.25) is 0 Å². The Bertz CT molecular complexity index is 721. The summed E-state index contributed by atoms with van der Waals surface area (Å²) < 4.78 is 6.05. The Balaban J connectivity index is 1.85. The van der Waals surface area contributed by atoms with Gasteiger partial charge >= 0.3 is 0 Å². The van der Waals surface area contributed by atoms with Crippen molar-refractivity contribution in [3.63, 3.8) is 0 Å². The lowest BCUT2D eigenvalue weighted by atomic mass is 10.0. The maximum absolute atomic E-state index is 6.05.